The van der Waals surface area contributed by atoms with Crippen LogP contribution in [0.1, 0.15) is 27.7 Å². The van der Waals surface area contributed by atoms with Crippen LogP contribution in [0.3, 0.4) is 0 Å². The highest BCUT2D eigenvalue weighted by Gasteiger charge is 2.22. The number of hydrogen-bond acceptors (Lipinski definition) is 3. The Morgan fingerprint density at radius 2 is 2.07 bits per heavy atom. The van der Waals surface area contributed by atoms with E-state index in [1.165, 1.54) is 0 Å². The lowest BCUT2D eigenvalue weighted by Crippen LogP contribution is -2.38. The summed E-state index contributed by atoms with van der Waals surface area (Å²) >= 11 is 0. The number of carbonyl (C=O) groups is 1. The molecule has 0 aromatic rings. The largest absolute Gasteiger partial charge is 0.370 e. The summed E-state index contributed by atoms with van der Waals surface area (Å²) in [6.07, 6.45) is 0. The summed E-state index contributed by atoms with van der Waals surface area (Å²) in [7, 11) is 0. The summed E-state index contributed by atoms with van der Waals surface area (Å²) in [5, 5.41) is 2.86. The van der Waals surface area contributed by atoms with Gasteiger partial charge in [0, 0.05) is 13.1 Å². The van der Waals surface area contributed by atoms with Gasteiger partial charge in [-0.1, -0.05) is 27.7 Å². The minimum atomic E-state index is -0.0721. The van der Waals surface area contributed by atoms with Crippen LogP contribution in [0, 0.1) is 11.3 Å². The van der Waals surface area contributed by atoms with Crippen LogP contribution in [-0.2, 0) is 9.53 Å². The first-order chi connectivity index (χ1) is 6.90. The molecule has 0 aliphatic heterocycles. The van der Waals surface area contributed by atoms with Crippen molar-refractivity contribution in [2.75, 3.05) is 26.3 Å². The van der Waals surface area contributed by atoms with Gasteiger partial charge in [-0.05, 0) is 11.3 Å². The normalized spacial score (nSPS) is 11.9. The lowest BCUT2D eigenvalue weighted by atomic mass is 9.81. The van der Waals surface area contributed by atoms with E-state index in [-0.39, 0.29) is 17.9 Å². The molecule has 15 heavy (non-hydrogen) atoms. The molecule has 0 unspecified atom stereocenters. The summed E-state index contributed by atoms with van der Waals surface area (Å²) in [4.78, 5) is 11.3. The predicted molar refractivity (Wildman–Crippen MR) is 61.5 cm³/mol. The maximum Gasteiger partial charge on any atom is 0.246 e. The van der Waals surface area contributed by atoms with E-state index in [2.05, 4.69) is 33.0 Å². The molecule has 1 amide bonds. The minimum absolute atomic E-state index is 0.0721. The predicted octanol–water partition coefficient (Wildman–Crippen LogP) is 0.760. The maximum atomic E-state index is 11.3. The van der Waals surface area contributed by atoms with Crippen LogP contribution < -0.4 is 11.1 Å². The van der Waals surface area contributed by atoms with Crippen LogP contribution in [0.2, 0.25) is 0 Å². The molecule has 4 nitrogen and oxygen atoms in total. The molecule has 0 rings (SSSR count). The first-order valence-electron chi connectivity index (χ1n) is 5.44. The molecule has 0 saturated heterocycles. The van der Waals surface area contributed by atoms with Crippen LogP contribution in [0.4, 0.5) is 0 Å². The van der Waals surface area contributed by atoms with Crippen molar-refractivity contribution >= 4 is 5.91 Å². The van der Waals surface area contributed by atoms with Crippen molar-refractivity contribution in [3.63, 3.8) is 0 Å². The Balaban J connectivity index is 3.71. The molecule has 0 spiro atoms. The first kappa shape index (κ1) is 14.4. The molecule has 0 aliphatic carbocycles. The van der Waals surface area contributed by atoms with E-state index >= 15 is 0 Å². The van der Waals surface area contributed by atoms with E-state index in [0.29, 0.717) is 25.6 Å². The van der Waals surface area contributed by atoms with Gasteiger partial charge >= 0.3 is 0 Å². The van der Waals surface area contributed by atoms with E-state index in [1.807, 2.05) is 0 Å². The second-order valence-corrected chi connectivity index (χ2v) is 4.76. The van der Waals surface area contributed by atoms with Crippen molar-refractivity contribution in [3.05, 3.63) is 0 Å². The van der Waals surface area contributed by atoms with Gasteiger partial charge in [0.05, 0.1) is 6.61 Å². The van der Waals surface area contributed by atoms with Gasteiger partial charge in [-0.3, -0.25) is 4.79 Å². The lowest BCUT2D eigenvalue weighted by molar-refractivity contribution is -0.126. The zero-order chi connectivity index (χ0) is 11.9. The van der Waals surface area contributed by atoms with Crippen LogP contribution >= 0.6 is 0 Å². The third kappa shape index (κ3) is 6.47. The second kappa shape index (κ2) is 6.80. The van der Waals surface area contributed by atoms with Crippen molar-refractivity contribution in [1.82, 2.24) is 5.32 Å². The molecule has 90 valence electrons. The Hall–Kier alpha value is -0.610. The van der Waals surface area contributed by atoms with Crippen molar-refractivity contribution in [2.24, 2.45) is 17.1 Å². The summed E-state index contributed by atoms with van der Waals surface area (Å²) < 4.78 is 5.03. The van der Waals surface area contributed by atoms with Crippen LogP contribution in [0.15, 0.2) is 0 Å². The average molecular weight is 216 g/mol. The Morgan fingerprint density at radius 1 is 1.47 bits per heavy atom. The molecule has 0 radical (unpaired) electrons. The number of nitrogens with two attached hydrogens (primary N) is 1. The Labute approximate surface area is 92.6 Å². The molecule has 0 heterocycles. The third-order valence-electron chi connectivity index (χ3n) is 2.80. The number of hydrogen-bond donors (Lipinski definition) is 2. The molecule has 3 N–H and O–H groups in total. The quantitative estimate of drug-likeness (QED) is 0.618. The maximum absolute atomic E-state index is 11.3. The standard InChI is InChI=1S/C11H24N2O2/c1-9(2)11(3,4)8-13-10(14)7-15-6-5-12/h9H,5-8,12H2,1-4H3,(H,13,14). The molecular formula is C11H24N2O2. The van der Waals surface area contributed by atoms with Gasteiger partial charge in [0.1, 0.15) is 6.61 Å². The SMILES string of the molecule is CC(C)C(C)(C)CNC(=O)COCCN. The molecule has 0 fully saturated rings. The van der Waals surface area contributed by atoms with E-state index in [4.69, 9.17) is 10.5 Å². The van der Waals surface area contributed by atoms with Crippen LogP contribution in [0.5, 0.6) is 0 Å². The summed E-state index contributed by atoms with van der Waals surface area (Å²) in [6, 6.07) is 0. The fourth-order valence-corrected chi connectivity index (χ4v) is 0.830. The molecule has 0 atom stereocenters. The highest BCUT2D eigenvalue weighted by Crippen LogP contribution is 2.24. The number of nitrogens with one attached hydrogen (secondary N) is 1. The fraction of sp³-hybridized carbons (Fsp3) is 0.909. The van der Waals surface area contributed by atoms with Crippen LogP contribution in [-0.4, -0.2) is 32.2 Å². The minimum Gasteiger partial charge on any atom is -0.370 e. The van der Waals surface area contributed by atoms with E-state index in [9.17, 15) is 4.79 Å². The lowest BCUT2D eigenvalue weighted by Gasteiger charge is -2.29. The van der Waals surface area contributed by atoms with Gasteiger partial charge in [0.25, 0.3) is 0 Å². The molecule has 0 aromatic heterocycles. The van der Waals surface area contributed by atoms with E-state index < -0.39 is 0 Å². The molecule has 4 heteroatoms. The zero-order valence-corrected chi connectivity index (χ0v) is 10.3. The Morgan fingerprint density at radius 3 is 2.53 bits per heavy atom. The van der Waals surface area contributed by atoms with Gasteiger partial charge in [0.15, 0.2) is 0 Å². The highest BCUT2D eigenvalue weighted by molar-refractivity contribution is 5.77. The molecular weight excluding hydrogens is 192 g/mol. The summed E-state index contributed by atoms with van der Waals surface area (Å²) in [6.45, 7) is 10.2. The highest BCUT2D eigenvalue weighted by atomic mass is 16.5. The molecule has 0 aliphatic rings. The number of amides is 1. The Kier molecular flexibility index (Phi) is 6.52. The molecule has 0 bridgehead atoms. The van der Waals surface area contributed by atoms with Gasteiger partial charge in [0.2, 0.25) is 5.91 Å². The van der Waals surface area contributed by atoms with E-state index in [0.717, 1.165) is 0 Å². The third-order valence-corrected chi connectivity index (χ3v) is 2.80. The van der Waals surface area contributed by atoms with Crippen molar-refractivity contribution in [1.29, 1.82) is 0 Å². The topological polar surface area (TPSA) is 64.3 Å². The molecule has 0 saturated carbocycles. The van der Waals surface area contributed by atoms with Gasteiger partial charge in [-0.2, -0.15) is 0 Å². The van der Waals surface area contributed by atoms with Gasteiger partial charge in [-0.25, -0.2) is 0 Å². The Bertz CT molecular complexity index is 191. The zero-order valence-electron chi connectivity index (χ0n) is 10.3. The van der Waals surface area contributed by atoms with Crippen molar-refractivity contribution in [3.8, 4) is 0 Å². The van der Waals surface area contributed by atoms with Gasteiger partial charge < -0.3 is 15.8 Å². The van der Waals surface area contributed by atoms with E-state index in [1.54, 1.807) is 0 Å². The first-order valence-corrected chi connectivity index (χ1v) is 5.44. The van der Waals surface area contributed by atoms with Gasteiger partial charge in [-0.15, -0.1) is 0 Å². The molecule has 0 aromatic carbocycles. The van der Waals surface area contributed by atoms with Crippen LogP contribution in [0.25, 0.3) is 0 Å². The number of rotatable bonds is 7. The number of ether oxygens (including phenoxy) is 1. The van der Waals surface area contributed by atoms with Crippen molar-refractivity contribution in [2.45, 2.75) is 27.7 Å². The second-order valence-electron chi connectivity index (χ2n) is 4.76. The summed E-state index contributed by atoms with van der Waals surface area (Å²) in [5.74, 6) is 0.458. The number of carbonyl (C=O) groups excluding carboxylic acids is 1. The van der Waals surface area contributed by atoms with Crippen molar-refractivity contribution < 1.29 is 9.53 Å². The smallest absolute Gasteiger partial charge is 0.246 e. The average Bonchev–Trinajstić information content (AvgIpc) is 2.15. The fourth-order valence-electron chi connectivity index (χ4n) is 0.830. The summed E-state index contributed by atoms with van der Waals surface area (Å²) in [5.41, 5.74) is 5.36. The monoisotopic (exact) mass is 216 g/mol.